The molecule has 2 saturated heterocycles. The summed E-state index contributed by atoms with van der Waals surface area (Å²) in [5.74, 6) is 1.80. The number of rotatable bonds is 32. The summed E-state index contributed by atoms with van der Waals surface area (Å²) in [5, 5.41) is 40.5. The number of unbranched alkanes of at least 4 members (excludes halogenated alkanes) is 4. The van der Waals surface area contributed by atoms with Crippen LogP contribution in [-0.4, -0.2) is 179 Å². The highest BCUT2D eigenvalue weighted by Gasteiger charge is 2.25. The molecule has 4 aromatic heterocycles. The summed E-state index contributed by atoms with van der Waals surface area (Å²) in [6.45, 7) is 22.9. The zero-order chi connectivity index (χ0) is 71.0. The summed E-state index contributed by atoms with van der Waals surface area (Å²) in [7, 11) is 0. The lowest BCUT2D eigenvalue weighted by atomic mass is 10.1. The van der Waals surface area contributed by atoms with E-state index in [9.17, 15) is 19.2 Å². The molecule has 0 radical (unpaired) electrons. The first-order valence-corrected chi connectivity index (χ1v) is 35.2. The van der Waals surface area contributed by atoms with E-state index >= 15 is 0 Å². The number of imidazole rings is 2. The molecule has 0 atom stereocenters. The number of ether oxygens (including phenoxy) is 3. The van der Waals surface area contributed by atoms with Gasteiger partial charge in [0.2, 0.25) is 0 Å². The number of carboxylic acids is 1. The second-order valence-corrected chi connectivity index (χ2v) is 26.3. The van der Waals surface area contributed by atoms with Gasteiger partial charge >= 0.3 is 24.0 Å². The van der Waals surface area contributed by atoms with E-state index in [1.54, 1.807) is 48.5 Å². The Kier molecular flexibility index (Phi) is 30.7. The van der Waals surface area contributed by atoms with Gasteiger partial charge in [-0.25, -0.2) is 29.5 Å². The predicted molar refractivity (Wildman–Crippen MR) is 406 cm³/mol. The number of amides is 4. The third-order valence-corrected chi connectivity index (χ3v) is 17.6. The van der Waals surface area contributed by atoms with Gasteiger partial charge in [0.1, 0.15) is 28.3 Å². The number of aromatic nitrogens is 6. The average molecular weight is 1400 g/mol. The fourth-order valence-electron chi connectivity index (χ4n) is 12.5. The lowest BCUT2D eigenvalue weighted by Crippen LogP contribution is -2.47. The van der Waals surface area contributed by atoms with Crippen LogP contribution >= 0.6 is 0 Å². The average Bonchev–Trinajstić information content (AvgIpc) is 1.47. The van der Waals surface area contributed by atoms with Crippen molar-refractivity contribution in [2.75, 3.05) is 137 Å². The van der Waals surface area contributed by atoms with Crippen LogP contribution < -0.4 is 42.5 Å². The van der Waals surface area contributed by atoms with Crippen LogP contribution in [0.5, 0.6) is 0 Å². The first-order valence-electron chi connectivity index (χ1n) is 35.2. The number of piperazine rings is 2. The van der Waals surface area contributed by atoms with Crippen molar-refractivity contribution in [2.24, 2.45) is 0 Å². The topological polar surface area (TPSA) is 338 Å². The van der Waals surface area contributed by atoms with E-state index in [4.69, 9.17) is 61.2 Å². The largest absolute Gasteiger partial charge is 0.481 e. The molecule has 9 N–H and O–H groups in total. The van der Waals surface area contributed by atoms with E-state index < -0.39 is 11.6 Å². The second-order valence-electron chi connectivity index (χ2n) is 26.3. The number of esters is 1. The number of hydrogen-bond acceptors (Lipinski definition) is 19. The highest BCUT2D eigenvalue weighted by molar-refractivity contribution is 6.09. The number of aliphatic carboxylic acids is 1. The number of pyridine rings is 2. The van der Waals surface area contributed by atoms with Gasteiger partial charge in [0.25, 0.3) is 0 Å². The van der Waals surface area contributed by atoms with Crippen LogP contribution in [0.25, 0.3) is 43.9 Å². The van der Waals surface area contributed by atoms with Crippen molar-refractivity contribution in [3.8, 4) is 12.1 Å². The number of benzene rings is 4. The number of carbonyl (C=O) groups excluding carboxylic acids is 3. The number of fused-ring (bicyclic) bond motifs is 6. The minimum absolute atomic E-state index is 0. The fraction of sp³-hybridized carbons (Fsp3) is 0.500. The number of aryl methyl sites for hydroxylation is 4. The number of hydrogen-bond donors (Lipinski definition) is 7. The Labute approximate surface area is 600 Å². The van der Waals surface area contributed by atoms with Crippen LogP contribution in [0.1, 0.15) is 136 Å². The molecule has 26 heteroatoms. The van der Waals surface area contributed by atoms with Crippen LogP contribution in [0.2, 0.25) is 0 Å². The molecule has 548 valence electrons. The molecule has 0 aliphatic carbocycles. The molecule has 4 amide bonds. The van der Waals surface area contributed by atoms with Crippen molar-refractivity contribution in [3.05, 3.63) is 108 Å². The number of carboxylic acid groups (broad SMARTS) is 1. The maximum absolute atomic E-state index is 12.5. The van der Waals surface area contributed by atoms with Crippen molar-refractivity contribution >= 4 is 102 Å². The second kappa shape index (κ2) is 39.4. The van der Waals surface area contributed by atoms with Crippen LogP contribution in [0.15, 0.2) is 84.9 Å². The zero-order valence-electron chi connectivity index (χ0n) is 58.6. The zero-order valence-corrected chi connectivity index (χ0v) is 58.6. The van der Waals surface area contributed by atoms with Gasteiger partial charge in [0.05, 0.1) is 84.6 Å². The summed E-state index contributed by atoms with van der Waals surface area (Å²) < 4.78 is 21.2. The van der Waals surface area contributed by atoms with E-state index in [1.165, 1.54) is 0 Å². The summed E-state index contributed by atoms with van der Waals surface area (Å²) in [6.07, 6.45) is 9.36. The fourth-order valence-corrected chi connectivity index (χ4v) is 12.5. The Morgan fingerprint density at radius 3 is 1.38 bits per heavy atom. The number of nitriles is 2. The van der Waals surface area contributed by atoms with Gasteiger partial charge in [-0.1, -0.05) is 53.7 Å². The van der Waals surface area contributed by atoms with Gasteiger partial charge in [0.15, 0.2) is 11.6 Å². The number of nitrogens with zero attached hydrogens (tertiary/aromatic N) is 12. The molecule has 2 aliphatic heterocycles. The van der Waals surface area contributed by atoms with Crippen molar-refractivity contribution in [2.45, 2.75) is 145 Å². The molecule has 4 aromatic carbocycles. The van der Waals surface area contributed by atoms with E-state index in [0.717, 1.165) is 210 Å². The van der Waals surface area contributed by atoms with Gasteiger partial charge in [-0.05, 0) is 132 Å². The number of nitrogens with two attached hydrogens (primary N) is 2. The van der Waals surface area contributed by atoms with Gasteiger partial charge in [-0.15, -0.1) is 0 Å². The summed E-state index contributed by atoms with van der Waals surface area (Å²) in [4.78, 5) is 76.6. The van der Waals surface area contributed by atoms with Crippen molar-refractivity contribution in [1.82, 2.24) is 49.5 Å². The number of urea groups is 2. The standard InChI is InChI=1S/C39H53N9O4.C35H45N9O4.2CH4/c1-5-6-12-33-45-35-36(48(33)17-8-7-16-42-38(50)43-29-11-9-10-28(25-29)27-40)31-26-30(13-14-32(31)44-37(35)41)47-20-18-46(19-21-47)22-24-51-23-15-34(49)52-39(2,3)4;1-2-3-9-30-41-32-33(44(30)14-5-4-13-38-35(47)39-26-8-6-7-25(22-26)24-36)28-23-27(10-11-29(28)40-34(32)37)43-17-15-42(16-18-43)19-21-48-20-12-31(45)46;;/h9-11,13-14,25-26H,5-8,12,15-24H2,1-4H3,(H2,41,44)(H2,42,43,50);6-8,10-11,22-23H,2-5,9,12-21H2,1H3,(H2,37,40)(H,45,46)(H2,38,39,47);2*1H4. The SMILES string of the molecule is C.C.CCCCc1nc2c(N)nc3ccc(N4CCN(CCOCCC(=O)O)CC4)cc3c2n1CCCCNC(=O)Nc1cccc(C#N)c1.CCCCc1nc2c(N)nc3ccc(N4CCN(CCOCCC(=O)OC(C)(C)C)CC4)cc3c2n1CCCCNC(=O)Nc1cccc(C#N)c1. The van der Waals surface area contributed by atoms with E-state index in [0.29, 0.717) is 67.0 Å². The maximum atomic E-state index is 12.5. The molecular formula is C76H106N18O8. The summed E-state index contributed by atoms with van der Waals surface area (Å²) in [6, 6.07) is 30.0. The Morgan fingerprint density at radius 2 is 0.980 bits per heavy atom. The molecule has 0 bridgehead atoms. The normalized spacial score (nSPS) is 13.4. The highest BCUT2D eigenvalue weighted by Crippen LogP contribution is 2.35. The van der Waals surface area contributed by atoms with Crippen molar-refractivity contribution in [1.29, 1.82) is 10.5 Å². The Hall–Kier alpha value is -9.86. The Morgan fingerprint density at radius 1 is 0.549 bits per heavy atom. The Bertz CT molecular complexity index is 4160. The van der Waals surface area contributed by atoms with Gasteiger partial charge in [-0.2, -0.15) is 10.5 Å². The maximum Gasteiger partial charge on any atom is 0.319 e. The van der Waals surface area contributed by atoms with E-state index in [-0.39, 0.29) is 52.3 Å². The van der Waals surface area contributed by atoms with Crippen LogP contribution in [0, 0.1) is 22.7 Å². The molecule has 26 nitrogen and oxygen atoms in total. The third-order valence-electron chi connectivity index (χ3n) is 17.6. The quantitative estimate of drug-likeness (QED) is 0.0152. The smallest absolute Gasteiger partial charge is 0.319 e. The first kappa shape index (κ1) is 79.5. The lowest BCUT2D eigenvalue weighted by molar-refractivity contribution is -0.156. The third kappa shape index (κ3) is 22.8. The van der Waals surface area contributed by atoms with E-state index in [2.05, 4.69) is 106 Å². The molecule has 10 rings (SSSR count). The van der Waals surface area contributed by atoms with Crippen molar-refractivity contribution < 1.29 is 38.5 Å². The number of nitrogen functional groups attached to an aromatic ring is 2. The van der Waals surface area contributed by atoms with Crippen molar-refractivity contribution in [3.63, 3.8) is 0 Å². The van der Waals surface area contributed by atoms with E-state index in [1.807, 2.05) is 26.8 Å². The molecule has 102 heavy (non-hydrogen) atoms. The predicted octanol–water partition coefficient (Wildman–Crippen LogP) is 11.7. The van der Waals surface area contributed by atoms with Crippen LogP contribution in [0.3, 0.4) is 0 Å². The van der Waals surface area contributed by atoms with Gasteiger partial charge in [-0.3, -0.25) is 19.4 Å². The molecule has 6 heterocycles. The van der Waals surface area contributed by atoms with Crippen LogP contribution in [-0.2, 0) is 49.7 Å². The minimum Gasteiger partial charge on any atom is -0.481 e. The molecule has 2 aliphatic rings. The number of nitrogens with one attached hydrogen (secondary N) is 4. The Balaban J connectivity index is 0.000000281. The molecule has 2 fully saturated rings. The molecule has 0 spiro atoms. The molecule has 0 saturated carbocycles. The molecule has 8 aromatic rings. The van der Waals surface area contributed by atoms with Crippen LogP contribution in [0.4, 0.5) is 44.0 Å². The summed E-state index contributed by atoms with van der Waals surface area (Å²) in [5.41, 5.74) is 22.1. The summed E-state index contributed by atoms with van der Waals surface area (Å²) >= 11 is 0. The lowest BCUT2D eigenvalue weighted by Gasteiger charge is -2.36. The molecule has 0 unspecified atom stereocenters. The minimum atomic E-state index is -0.842. The number of carbonyl (C=O) groups is 4. The van der Waals surface area contributed by atoms with Gasteiger partial charge in [0, 0.05) is 138 Å². The first-order chi connectivity index (χ1) is 48.4. The molecular weight excluding hydrogens is 1290 g/mol. The van der Waals surface area contributed by atoms with Gasteiger partial charge < -0.3 is 71.0 Å². The highest BCUT2D eigenvalue weighted by atomic mass is 16.6. The monoisotopic (exact) mass is 1400 g/mol. The number of anilines is 6.